The molecule has 3 aromatic carbocycles. The SMILES string of the molecule is CC1(c2ccccc2)Nc2ccccc2C(=O)N1CCc1ccccc1. The minimum Gasteiger partial charge on any atom is -0.358 e. The number of nitrogens with zero attached hydrogens (tertiary/aromatic N) is 1. The van der Waals surface area contributed by atoms with Crippen molar-refractivity contribution in [3.8, 4) is 0 Å². The van der Waals surface area contributed by atoms with E-state index in [1.807, 2.05) is 65.6 Å². The van der Waals surface area contributed by atoms with E-state index in [0.717, 1.165) is 23.2 Å². The smallest absolute Gasteiger partial charge is 0.258 e. The van der Waals surface area contributed by atoms with Gasteiger partial charge in [-0.2, -0.15) is 0 Å². The van der Waals surface area contributed by atoms with Gasteiger partial charge in [0.2, 0.25) is 0 Å². The molecule has 0 fully saturated rings. The third kappa shape index (κ3) is 2.86. The van der Waals surface area contributed by atoms with E-state index < -0.39 is 5.66 Å². The molecule has 130 valence electrons. The average Bonchev–Trinajstić information content (AvgIpc) is 2.69. The molecule has 26 heavy (non-hydrogen) atoms. The van der Waals surface area contributed by atoms with Gasteiger partial charge in [-0.15, -0.1) is 0 Å². The summed E-state index contributed by atoms with van der Waals surface area (Å²) in [5, 5.41) is 3.61. The van der Waals surface area contributed by atoms with Crippen LogP contribution < -0.4 is 5.32 Å². The van der Waals surface area contributed by atoms with E-state index >= 15 is 0 Å². The number of rotatable bonds is 4. The van der Waals surface area contributed by atoms with Gasteiger partial charge in [0.15, 0.2) is 0 Å². The Bertz CT molecular complexity index is 908. The van der Waals surface area contributed by atoms with Gasteiger partial charge >= 0.3 is 0 Å². The lowest BCUT2D eigenvalue weighted by Gasteiger charge is -2.47. The molecule has 0 aliphatic carbocycles. The van der Waals surface area contributed by atoms with Gasteiger partial charge in [-0.05, 0) is 36.6 Å². The molecule has 4 rings (SSSR count). The fourth-order valence-corrected chi connectivity index (χ4v) is 3.66. The lowest BCUT2D eigenvalue weighted by molar-refractivity contribution is 0.0539. The van der Waals surface area contributed by atoms with Crippen LogP contribution in [0.5, 0.6) is 0 Å². The van der Waals surface area contributed by atoms with Gasteiger partial charge in [0.1, 0.15) is 5.66 Å². The van der Waals surface area contributed by atoms with Crippen LogP contribution in [0.2, 0.25) is 0 Å². The molecule has 1 aliphatic heterocycles. The second-order valence-corrected chi connectivity index (χ2v) is 6.80. The molecule has 1 aliphatic rings. The Kier molecular flexibility index (Phi) is 4.21. The van der Waals surface area contributed by atoms with E-state index in [1.165, 1.54) is 5.56 Å². The molecule has 0 spiro atoms. The highest BCUT2D eigenvalue weighted by Crippen LogP contribution is 2.37. The summed E-state index contributed by atoms with van der Waals surface area (Å²) in [5.74, 6) is 0.0710. The van der Waals surface area contributed by atoms with Crippen LogP contribution in [-0.4, -0.2) is 17.4 Å². The predicted molar refractivity (Wildman–Crippen MR) is 105 cm³/mol. The highest BCUT2D eigenvalue weighted by atomic mass is 16.2. The zero-order chi connectivity index (χ0) is 18.0. The highest BCUT2D eigenvalue weighted by molar-refractivity contribution is 6.02. The number of hydrogen-bond donors (Lipinski definition) is 1. The number of amides is 1. The van der Waals surface area contributed by atoms with Gasteiger partial charge in [-0.3, -0.25) is 4.79 Å². The number of nitrogens with one attached hydrogen (secondary N) is 1. The molecule has 3 nitrogen and oxygen atoms in total. The van der Waals surface area contributed by atoms with Crippen LogP contribution in [0.15, 0.2) is 84.9 Å². The number of benzene rings is 3. The zero-order valence-electron chi connectivity index (χ0n) is 14.9. The van der Waals surface area contributed by atoms with E-state index in [0.29, 0.717) is 6.54 Å². The molecule has 1 amide bonds. The first kappa shape index (κ1) is 16.4. The molecule has 3 aromatic rings. The highest BCUT2D eigenvalue weighted by Gasteiger charge is 2.41. The van der Waals surface area contributed by atoms with Crippen molar-refractivity contribution in [3.05, 3.63) is 102 Å². The fraction of sp³-hybridized carbons (Fsp3) is 0.174. The molecule has 1 heterocycles. The van der Waals surface area contributed by atoms with Crippen LogP contribution in [0.25, 0.3) is 0 Å². The van der Waals surface area contributed by atoms with Gasteiger partial charge in [0.05, 0.1) is 5.56 Å². The third-order valence-electron chi connectivity index (χ3n) is 5.12. The molecule has 0 aromatic heterocycles. The summed E-state index contributed by atoms with van der Waals surface area (Å²) in [5.41, 5.74) is 3.35. The molecule has 0 saturated heterocycles. The number of fused-ring (bicyclic) bond motifs is 1. The Balaban J connectivity index is 1.73. The Morgan fingerprint density at radius 1 is 0.846 bits per heavy atom. The maximum Gasteiger partial charge on any atom is 0.258 e. The van der Waals surface area contributed by atoms with E-state index in [4.69, 9.17) is 0 Å². The van der Waals surface area contributed by atoms with Crippen LogP contribution in [0, 0.1) is 0 Å². The van der Waals surface area contributed by atoms with Gasteiger partial charge in [0, 0.05) is 12.2 Å². The van der Waals surface area contributed by atoms with Gasteiger partial charge in [-0.1, -0.05) is 72.8 Å². The average molecular weight is 342 g/mol. The third-order valence-corrected chi connectivity index (χ3v) is 5.12. The first-order valence-corrected chi connectivity index (χ1v) is 8.97. The maximum atomic E-state index is 13.3. The number of carbonyl (C=O) groups is 1. The van der Waals surface area contributed by atoms with Crippen molar-refractivity contribution in [2.75, 3.05) is 11.9 Å². The minimum absolute atomic E-state index is 0.0710. The zero-order valence-corrected chi connectivity index (χ0v) is 14.9. The van der Waals surface area contributed by atoms with E-state index in [1.54, 1.807) is 0 Å². The van der Waals surface area contributed by atoms with Crippen molar-refractivity contribution >= 4 is 11.6 Å². The molecule has 3 heteroatoms. The number of carbonyl (C=O) groups excluding carboxylic acids is 1. The quantitative estimate of drug-likeness (QED) is 0.747. The molecule has 0 bridgehead atoms. The van der Waals surface area contributed by atoms with Crippen LogP contribution in [0.4, 0.5) is 5.69 Å². The van der Waals surface area contributed by atoms with Crippen molar-refractivity contribution in [2.45, 2.75) is 19.0 Å². The molecule has 0 saturated carbocycles. The Morgan fingerprint density at radius 3 is 2.19 bits per heavy atom. The Labute approximate surface area is 154 Å². The van der Waals surface area contributed by atoms with Crippen molar-refractivity contribution in [1.29, 1.82) is 0 Å². The topological polar surface area (TPSA) is 32.3 Å². The lowest BCUT2D eigenvalue weighted by Crippen LogP contribution is -2.56. The Hall–Kier alpha value is -3.07. The summed E-state index contributed by atoms with van der Waals surface area (Å²) in [4.78, 5) is 15.3. The second kappa shape index (κ2) is 6.68. The fourth-order valence-electron chi connectivity index (χ4n) is 3.66. The number of anilines is 1. The summed E-state index contributed by atoms with van der Waals surface area (Å²) in [6.45, 7) is 2.73. The second-order valence-electron chi connectivity index (χ2n) is 6.80. The first-order chi connectivity index (χ1) is 12.7. The monoisotopic (exact) mass is 342 g/mol. The lowest BCUT2D eigenvalue weighted by atomic mass is 9.93. The first-order valence-electron chi connectivity index (χ1n) is 8.97. The largest absolute Gasteiger partial charge is 0.358 e. The molecule has 1 unspecified atom stereocenters. The summed E-state index contributed by atoms with van der Waals surface area (Å²) >= 11 is 0. The molecule has 0 radical (unpaired) electrons. The van der Waals surface area contributed by atoms with Gasteiger partial charge < -0.3 is 10.2 Å². The van der Waals surface area contributed by atoms with Crippen molar-refractivity contribution in [2.24, 2.45) is 0 Å². The summed E-state index contributed by atoms with van der Waals surface area (Å²) < 4.78 is 0. The Morgan fingerprint density at radius 2 is 1.46 bits per heavy atom. The van der Waals surface area contributed by atoms with Crippen molar-refractivity contribution < 1.29 is 4.79 Å². The van der Waals surface area contributed by atoms with Crippen LogP contribution in [0.3, 0.4) is 0 Å². The summed E-state index contributed by atoms with van der Waals surface area (Å²) in [6, 6.07) is 28.2. The molecule has 1 N–H and O–H groups in total. The molecule has 1 atom stereocenters. The standard InChI is InChI=1S/C23H22N2O/c1-23(19-12-6-3-7-13-19)24-21-15-9-8-14-20(21)22(26)25(23)17-16-18-10-4-2-5-11-18/h2-15,24H,16-17H2,1H3. The van der Waals surface area contributed by atoms with Crippen LogP contribution >= 0.6 is 0 Å². The summed E-state index contributed by atoms with van der Waals surface area (Å²) in [7, 11) is 0. The molecular formula is C23H22N2O. The van der Waals surface area contributed by atoms with E-state index in [-0.39, 0.29) is 5.91 Å². The number of para-hydroxylation sites is 1. The van der Waals surface area contributed by atoms with E-state index in [2.05, 4.69) is 36.5 Å². The maximum absolute atomic E-state index is 13.3. The van der Waals surface area contributed by atoms with Crippen molar-refractivity contribution in [1.82, 2.24) is 4.90 Å². The number of hydrogen-bond acceptors (Lipinski definition) is 2. The predicted octanol–water partition coefficient (Wildman–Crippen LogP) is 4.67. The normalized spacial score (nSPS) is 19.0. The molecular weight excluding hydrogens is 320 g/mol. The summed E-state index contributed by atoms with van der Waals surface area (Å²) in [6.07, 6.45) is 0.818. The minimum atomic E-state index is -0.582. The van der Waals surface area contributed by atoms with Gasteiger partial charge in [-0.25, -0.2) is 0 Å². The van der Waals surface area contributed by atoms with Crippen LogP contribution in [-0.2, 0) is 12.1 Å². The van der Waals surface area contributed by atoms with E-state index in [9.17, 15) is 4.79 Å². The van der Waals surface area contributed by atoms with Crippen LogP contribution in [0.1, 0.15) is 28.4 Å². The van der Waals surface area contributed by atoms with Gasteiger partial charge in [0.25, 0.3) is 5.91 Å². The van der Waals surface area contributed by atoms with Crippen molar-refractivity contribution in [3.63, 3.8) is 0 Å².